The second-order valence-electron chi connectivity index (χ2n) is 7.84. The summed E-state index contributed by atoms with van der Waals surface area (Å²) in [6.45, 7) is 1.90. The van der Waals surface area contributed by atoms with Crippen molar-refractivity contribution in [2.75, 3.05) is 13.1 Å². The van der Waals surface area contributed by atoms with Crippen LogP contribution in [-0.4, -0.2) is 54.8 Å². The van der Waals surface area contributed by atoms with E-state index in [0.717, 1.165) is 24.9 Å². The monoisotopic (exact) mass is 389 g/mol. The molecular weight excluding hydrogens is 366 g/mol. The summed E-state index contributed by atoms with van der Waals surface area (Å²) in [7, 11) is 0. The number of rotatable bonds is 3. The van der Waals surface area contributed by atoms with Crippen LogP contribution in [0.5, 0.6) is 0 Å². The third kappa shape index (κ3) is 2.88. The molecule has 1 aromatic carbocycles. The first-order valence-electron chi connectivity index (χ1n) is 10.1. The minimum atomic E-state index is -0.747. The lowest BCUT2D eigenvalue weighted by Crippen LogP contribution is -2.61. The molecule has 0 radical (unpaired) electrons. The highest BCUT2D eigenvalue weighted by molar-refractivity contribution is 5.99. The number of aromatic nitrogens is 3. The second kappa shape index (κ2) is 6.99. The Hall–Kier alpha value is -3.22. The van der Waals surface area contributed by atoms with Gasteiger partial charge in [-0.25, -0.2) is 9.50 Å². The Kier molecular flexibility index (Phi) is 4.30. The van der Waals surface area contributed by atoms with Gasteiger partial charge >= 0.3 is 0 Å². The molecule has 2 saturated heterocycles. The predicted molar refractivity (Wildman–Crippen MR) is 107 cm³/mol. The summed E-state index contributed by atoms with van der Waals surface area (Å²) in [4.78, 5) is 35.0. The van der Waals surface area contributed by atoms with Crippen LogP contribution in [0.4, 0.5) is 0 Å². The number of nitrogens with zero attached hydrogens (tertiary/aromatic N) is 5. The van der Waals surface area contributed by atoms with E-state index in [1.54, 1.807) is 27.9 Å². The number of carbonyl (C=O) groups excluding carboxylic acids is 2. The number of benzene rings is 1. The zero-order valence-corrected chi connectivity index (χ0v) is 16.2. The molecule has 7 heteroatoms. The molecule has 3 aromatic rings. The van der Waals surface area contributed by atoms with Gasteiger partial charge in [-0.1, -0.05) is 30.3 Å². The van der Waals surface area contributed by atoms with Crippen LogP contribution in [0.15, 0.2) is 54.9 Å². The maximum Gasteiger partial charge on any atom is 0.275 e. The molecule has 29 heavy (non-hydrogen) atoms. The van der Waals surface area contributed by atoms with Crippen molar-refractivity contribution in [1.82, 2.24) is 24.4 Å². The van der Waals surface area contributed by atoms with E-state index < -0.39 is 5.54 Å². The van der Waals surface area contributed by atoms with E-state index in [4.69, 9.17) is 0 Å². The quantitative estimate of drug-likeness (QED) is 0.690. The summed E-state index contributed by atoms with van der Waals surface area (Å²) >= 11 is 0. The third-order valence-corrected chi connectivity index (χ3v) is 6.15. The molecule has 0 saturated carbocycles. The van der Waals surface area contributed by atoms with Gasteiger partial charge in [0.25, 0.3) is 5.91 Å². The largest absolute Gasteiger partial charge is 0.336 e. The first-order chi connectivity index (χ1) is 14.2. The fourth-order valence-electron chi connectivity index (χ4n) is 4.79. The Morgan fingerprint density at radius 2 is 1.83 bits per heavy atom. The fourth-order valence-corrected chi connectivity index (χ4v) is 4.79. The third-order valence-electron chi connectivity index (χ3n) is 6.15. The van der Waals surface area contributed by atoms with E-state index >= 15 is 0 Å². The van der Waals surface area contributed by atoms with Gasteiger partial charge in [-0.15, -0.1) is 0 Å². The molecule has 2 aliphatic rings. The van der Waals surface area contributed by atoms with E-state index in [1.807, 2.05) is 41.3 Å². The van der Waals surface area contributed by atoms with Crippen molar-refractivity contribution in [2.24, 2.45) is 0 Å². The van der Waals surface area contributed by atoms with Crippen LogP contribution in [0.2, 0.25) is 0 Å². The summed E-state index contributed by atoms with van der Waals surface area (Å²) in [5.74, 6) is -0.0937. The van der Waals surface area contributed by atoms with Crippen molar-refractivity contribution in [3.05, 3.63) is 66.1 Å². The standard InChI is InChI=1S/C22H23N5O2/c28-20(18-15-23-19-9-4-12-24-27(18)19)26-14-6-11-22(26)10-5-13-25(21(22)29)16-17-7-2-1-3-8-17/h1-4,7-9,12,15H,5-6,10-11,13-14,16H2. The summed E-state index contributed by atoms with van der Waals surface area (Å²) < 4.78 is 1.56. The highest BCUT2D eigenvalue weighted by Gasteiger charge is 2.53. The molecule has 0 bridgehead atoms. The molecule has 7 nitrogen and oxygen atoms in total. The Labute approximate surface area is 168 Å². The zero-order chi connectivity index (χ0) is 19.8. The van der Waals surface area contributed by atoms with Gasteiger partial charge in [0.05, 0.1) is 6.20 Å². The molecule has 2 aromatic heterocycles. The molecule has 5 rings (SSSR count). The minimum absolute atomic E-state index is 0.0697. The summed E-state index contributed by atoms with van der Waals surface area (Å²) in [5, 5.41) is 4.27. The van der Waals surface area contributed by atoms with Crippen LogP contribution in [0, 0.1) is 0 Å². The van der Waals surface area contributed by atoms with Crippen molar-refractivity contribution in [3.63, 3.8) is 0 Å². The van der Waals surface area contributed by atoms with Crippen LogP contribution >= 0.6 is 0 Å². The Morgan fingerprint density at radius 1 is 1.03 bits per heavy atom. The van der Waals surface area contributed by atoms with Gasteiger partial charge < -0.3 is 9.80 Å². The molecule has 2 aliphatic heterocycles. The molecule has 1 unspecified atom stereocenters. The molecule has 1 atom stereocenters. The minimum Gasteiger partial charge on any atom is -0.336 e. The van der Waals surface area contributed by atoms with E-state index in [2.05, 4.69) is 10.1 Å². The normalized spacial score (nSPS) is 22.0. The van der Waals surface area contributed by atoms with Crippen molar-refractivity contribution in [2.45, 2.75) is 37.8 Å². The Balaban J connectivity index is 1.45. The van der Waals surface area contributed by atoms with Gasteiger partial charge in [0.2, 0.25) is 5.91 Å². The van der Waals surface area contributed by atoms with Gasteiger partial charge in [-0.2, -0.15) is 5.10 Å². The van der Waals surface area contributed by atoms with E-state index in [1.165, 1.54) is 0 Å². The summed E-state index contributed by atoms with van der Waals surface area (Å²) in [5.41, 5.74) is 1.41. The fraction of sp³-hybridized carbons (Fsp3) is 0.364. The topological polar surface area (TPSA) is 70.8 Å². The molecule has 2 fully saturated rings. The van der Waals surface area contributed by atoms with Crippen LogP contribution in [0.25, 0.3) is 5.65 Å². The summed E-state index contributed by atoms with van der Waals surface area (Å²) in [6.07, 6.45) is 6.36. The highest BCUT2D eigenvalue weighted by atomic mass is 16.2. The van der Waals surface area contributed by atoms with Gasteiger partial charge in [0.1, 0.15) is 5.54 Å². The van der Waals surface area contributed by atoms with Gasteiger partial charge in [0, 0.05) is 25.8 Å². The average Bonchev–Trinajstić information content (AvgIpc) is 3.37. The number of hydrogen-bond acceptors (Lipinski definition) is 4. The first-order valence-corrected chi connectivity index (χ1v) is 10.1. The van der Waals surface area contributed by atoms with E-state index in [-0.39, 0.29) is 11.8 Å². The van der Waals surface area contributed by atoms with Crippen LogP contribution in [0.1, 0.15) is 41.7 Å². The zero-order valence-electron chi connectivity index (χ0n) is 16.2. The molecule has 4 heterocycles. The summed E-state index contributed by atoms with van der Waals surface area (Å²) in [6, 6.07) is 13.6. The maximum absolute atomic E-state index is 13.6. The van der Waals surface area contributed by atoms with Crippen molar-refractivity contribution < 1.29 is 9.59 Å². The first kappa shape index (κ1) is 17.8. The molecular formula is C22H23N5O2. The molecule has 2 amide bonds. The number of imidazole rings is 1. The lowest BCUT2D eigenvalue weighted by molar-refractivity contribution is -0.146. The van der Waals surface area contributed by atoms with Gasteiger partial charge in [-0.3, -0.25) is 9.59 Å². The number of amides is 2. The van der Waals surface area contributed by atoms with Crippen molar-refractivity contribution in [1.29, 1.82) is 0 Å². The lowest BCUT2D eigenvalue weighted by Gasteiger charge is -2.44. The van der Waals surface area contributed by atoms with Crippen molar-refractivity contribution >= 4 is 17.5 Å². The van der Waals surface area contributed by atoms with E-state index in [0.29, 0.717) is 37.3 Å². The average molecular weight is 389 g/mol. The number of fused-ring (bicyclic) bond motifs is 1. The van der Waals surface area contributed by atoms with Crippen LogP contribution in [0.3, 0.4) is 0 Å². The van der Waals surface area contributed by atoms with Crippen LogP contribution in [-0.2, 0) is 11.3 Å². The lowest BCUT2D eigenvalue weighted by atomic mass is 9.85. The predicted octanol–water partition coefficient (Wildman–Crippen LogP) is 2.53. The Bertz CT molecular complexity index is 1060. The number of likely N-dealkylation sites (tertiary alicyclic amines) is 2. The maximum atomic E-state index is 13.6. The molecule has 148 valence electrons. The second-order valence-corrected chi connectivity index (χ2v) is 7.84. The number of carbonyl (C=O) groups is 2. The molecule has 0 N–H and O–H groups in total. The van der Waals surface area contributed by atoms with Crippen LogP contribution < -0.4 is 0 Å². The SMILES string of the molecule is O=C(c1cnc2cccnn12)N1CCCC12CCCN(Cc1ccccc1)C2=O. The van der Waals surface area contributed by atoms with E-state index in [9.17, 15) is 9.59 Å². The molecule has 1 spiro atoms. The smallest absolute Gasteiger partial charge is 0.275 e. The highest BCUT2D eigenvalue weighted by Crippen LogP contribution is 2.39. The Morgan fingerprint density at radius 3 is 2.66 bits per heavy atom. The van der Waals surface area contributed by atoms with Crippen molar-refractivity contribution in [3.8, 4) is 0 Å². The molecule has 0 aliphatic carbocycles. The number of hydrogen-bond donors (Lipinski definition) is 0. The number of piperidine rings is 1. The van der Waals surface area contributed by atoms with Gasteiger partial charge in [-0.05, 0) is 43.4 Å². The van der Waals surface area contributed by atoms with Gasteiger partial charge in [0.15, 0.2) is 11.3 Å².